The first-order valence-corrected chi connectivity index (χ1v) is 9.63. The Morgan fingerprint density at radius 2 is 1.89 bits per heavy atom. The van der Waals surface area contributed by atoms with E-state index in [4.69, 9.17) is 16.3 Å². The lowest BCUT2D eigenvalue weighted by Gasteiger charge is -2.28. The van der Waals surface area contributed by atoms with E-state index in [1.165, 1.54) is 0 Å². The van der Waals surface area contributed by atoms with E-state index in [0.29, 0.717) is 17.1 Å². The van der Waals surface area contributed by atoms with E-state index < -0.39 is 18.2 Å². The van der Waals surface area contributed by atoms with Crippen molar-refractivity contribution < 1.29 is 14.6 Å². The molecule has 0 saturated carbocycles. The van der Waals surface area contributed by atoms with E-state index in [9.17, 15) is 9.90 Å². The third-order valence-corrected chi connectivity index (χ3v) is 4.98. The third kappa shape index (κ3) is 5.96. The van der Waals surface area contributed by atoms with Crippen molar-refractivity contribution in [2.75, 3.05) is 19.6 Å². The summed E-state index contributed by atoms with van der Waals surface area (Å²) in [6, 6.07) is 16.1. The first-order chi connectivity index (χ1) is 13.1. The van der Waals surface area contributed by atoms with Crippen molar-refractivity contribution in [2.45, 2.75) is 31.6 Å². The van der Waals surface area contributed by atoms with Crippen LogP contribution in [-0.2, 0) is 11.3 Å². The van der Waals surface area contributed by atoms with Gasteiger partial charge < -0.3 is 20.1 Å². The van der Waals surface area contributed by atoms with E-state index in [0.717, 1.165) is 31.5 Å². The molecular formula is C21H25ClN2O3. The van der Waals surface area contributed by atoms with Gasteiger partial charge in [0, 0.05) is 11.6 Å². The lowest BCUT2D eigenvalue weighted by molar-refractivity contribution is 0.0882. The van der Waals surface area contributed by atoms with Gasteiger partial charge in [0.05, 0.1) is 6.04 Å². The molecule has 1 saturated heterocycles. The van der Waals surface area contributed by atoms with Crippen molar-refractivity contribution >= 4 is 17.7 Å². The largest absolute Gasteiger partial charge is 0.445 e. The van der Waals surface area contributed by atoms with Crippen LogP contribution >= 0.6 is 11.6 Å². The van der Waals surface area contributed by atoms with Gasteiger partial charge in [0.25, 0.3) is 0 Å². The summed E-state index contributed by atoms with van der Waals surface area (Å²) in [7, 11) is 0. The van der Waals surface area contributed by atoms with Crippen molar-refractivity contribution in [3.63, 3.8) is 0 Å². The minimum atomic E-state index is -0.867. The number of amides is 1. The average molecular weight is 389 g/mol. The van der Waals surface area contributed by atoms with Crippen molar-refractivity contribution in [3.8, 4) is 0 Å². The maximum atomic E-state index is 12.3. The fourth-order valence-electron chi connectivity index (χ4n) is 3.31. The van der Waals surface area contributed by atoms with Crippen LogP contribution in [0.1, 0.15) is 30.1 Å². The molecule has 0 aromatic heterocycles. The Morgan fingerprint density at radius 1 is 1.15 bits per heavy atom. The molecule has 1 heterocycles. The van der Waals surface area contributed by atoms with Gasteiger partial charge >= 0.3 is 6.09 Å². The number of carbonyl (C=O) groups excluding carboxylic acids is 1. The molecular weight excluding hydrogens is 364 g/mol. The van der Waals surface area contributed by atoms with E-state index in [-0.39, 0.29) is 6.61 Å². The molecule has 0 aliphatic carbocycles. The average Bonchev–Trinajstić information content (AvgIpc) is 3.19. The van der Waals surface area contributed by atoms with Crippen LogP contribution in [0.5, 0.6) is 0 Å². The Labute approximate surface area is 164 Å². The number of nitrogens with zero attached hydrogens (tertiary/aromatic N) is 1. The molecule has 5 nitrogen and oxygen atoms in total. The number of rotatable bonds is 7. The number of alkyl carbamates (subject to hydrolysis) is 1. The Morgan fingerprint density at radius 3 is 2.59 bits per heavy atom. The third-order valence-electron chi connectivity index (χ3n) is 4.74. The van der Waals surface area contributed by atoms with E-state index >= 15 is 0 Å². The highest BCUT2D eigenvalue weighted by atomic mass is 35.5. The Bertz CT molecular complexity index is 735. The van der Waals surface area contributed by atoms with E-state index in [2.05, 4.69) is 10.2 Å². The molecule has 3 rings (SSSR count). The smallest absolute Gasteiger partial charge is 0.407 e. The van der Waals surface area contributed by atoms with Crippen molar-refractivity contribution in [1.82, 2.24) is 10.2 Å². The summed E-state index contributed by atoms with van der Waals surface area (Å²) in [5.41, 5.74) is 1.59. The van der Waals surface area contributed by atoms with Gasteiger partial charge in [-0.2, -0.15) is 0 Å². The molecule has 27 heavy (non-hydrogen) atoms. The second-order valence-electron chi connectivity index (χ2n) is 6.82. The van der Waals surface area contributed by atoms with Gasteiger partial charge in [-0.3, -0.25) is 0 Å². The number of aliphatic hydroxyl groups excluding tert-OH is 1. The van der Waals surface area contributed by atoms with Crippen LogP contribution in [-0.4, -0.2) is 41.8 Å². The Kier molecular flexibility index (Phi) is 7.10. The number of hydrogen-bond acceptors (Lipinski definition) is 4. The molecule has 2 aromatic carbocycles. The molecule has 6 heteroatoms. The van der Waals surface area contributed by atoms with Gasteiger partial charge in [-0.1, -0.05) is 54.1 Å². The highest BCUT2D eigenvalue weighted by Crippen LogP contribution is 2.22. The standard InChI is InChI=1S/C21H25ClN2O3/c22-18-10-6-9-17(13-18)20(25)19(14-24-11-4-5-12-24)23-21(26)27-15-16-7-2-1-3-8-16/h1-3,6-10,13,19-20,25H,4-5,11-12,14-15H2,(H,23,26)/t19-,20-/m1/s1. The highest BCUT2D eigenvalue weighted by molar-refractivity contribution is 6.30. The summed E-state index contributed by atoms with van der Waals surface area (Å²) < 4.78 is 5.33. The minimum absolute atomic E-state index is 0.191. The first-order valence-electron chi connectivity index (χ1n) is 9.25. The molecule has 1 aliphatic rings. The predicted octanol–water partition coefficient (Wildman–Crippen LogP) is 3.76. The van der Waals surface area contributed by atoms with Gasteiger partial charge in [0.15, 0.2) is 0 Å². The second kappa shape index (κ2) is 9.74. The van der Waals surface area contributed by atoms with Gasteiger partial charge in [-0.25, -0.2) is 4.79 Å². The number of aliphatic hydroxyl groups is 1. The Balaban J connectivity index is 1.64. The van der Waals surface area contributed by atoms with Crippen LogP contribution in [0.3, 0.4) is 0 Å². The number of benzene rings is 2. The molecule has 2 N–H and O–H groups in total. The number of hydrogen-bond donors (Lipinski definition) is 2. The minimum Gasteiger partial charge on any atom is -0.445 e. The zero-order valence-electron chi connectivity index (χ0n) is 15.2. The normalized spacial score (nSPS) is 16.7. The zero-order chi connectivity index (χ0) is 19.1. The molecule has 1 aliphatic heterocycles. The van der Waals surface area contributed by atoms with Crippen LogP contribution in [0.4, 0.5) is 4.79 Å². The lowest BCUT2D eigenvalue weighted by Crippen LogP contribution is -2.46. The van der Waals surface area contributed by atoms with Gasteiger partial charge in [0.1, 0.15) is 12.7 Å². The summed E-state index contributed by atoms with van der Waals surface area (Å²) in [5.74, 6) is 0. The maximum absolute atomic E-state index is 12.3. The highest BCUT2D eigenvalue weighted by Gasteiger charge is 2.27. The van der Waals surface area contributed by atoms with Gasteiger partial charge in [-0.15, -0.1) is 0 Å². The van der Waals surface area contributed by atoms with Crippen LogP contribution < -0.4 is 5.32 Å². The summed E-state index contributed by atoms with van der Waals surface area (Å²) in [5, 5.41) is 14.2. The van der Waals surface area contributed by atoms with Crippen LogP contribution in [0.25, 0.3) is 0 Å². The molecule has 2 aromatic rings. The van der Waals surface area contributed by atoms with Crippen molar-refractivity contribution in [3.05, 3.63) is 70.7 Å². The van der Waals surface area contributed by atoms with Crippen LogP contribution in [0.15, 0.2) is 54.6 Å². The fraction of sp³-hybridized carbons (Fsp3) is 0.381. The Hall–Kier alpha value is -2.08. The molecule has 0 radical (unpaired) electrons. The predicted molar refractivity (Wildman–Crippen MR) is 106 cm³/mol. The number of ether oxygens (including phenoxy) is 1. The maximum Gasteiger partial charge on any atom is 0.407 e. The summed E-state index contributed by atoms with van der Waals surface area (Å²) in [4.78, 5) is 14.6. The molecule has 1 fully saturated rings. The number of carbonyl (C=O) groups is 1. The zero-order valence-corrected chi connectivity index (χ0v) is 15.9. The number of nitrogens with one attached hydrogen (secondary N) is 1. The first kappa shape index (κ1) is 19.7. The molecule has 0 spiro atoms. The van der Waals surface area contributed by atoms with Gasteiger partial charge in [-0.05, 0) is 49.2 Å². The number of halogens is 1. The molecule has 2 atom stereocenters. The van der Waals surface area contributed by atoms with Crippen LogP contribution in [0, 0.1) is 0 Å². The molecule has 0 bridgehead atoms. The summed E-state index contributed by atoms with van der Waals surface area (Å²) in [6.45, 7) is 2.70. The quantitative estimate of drug-likeness (QED) is 0.758. The van der Waals surface area contributed by atoms with E-state index in [1.807, 2.05) is 36.4 Å². The summed E-state index contributed by atoms with van der Waals surface area (Å²) >= 11 is 6.05. The summed E-state index contributed by atoms with van der Waals surface area (Å²) in [6.07, 6.45) is 0.870. The van der Waals surface area contributed by atoms with Crippen molar-refractivity contribution in [2.24, 2.45) is 0 Å². The SMILES string of the molecule is O=C(N[C@H](CN1CCCC1)[C@H](O)c1cccc(Cl)c1)OCc1ccccc1. The molecule has 0 unspecified atom stereocenters. The monoisotopic (exact) mass is 388 g/mol. The topological polar surface area (TPSA) is 61.8 Å². The molecule has 144 valence electrons. The van der Waals surface area contributed by atoms with Crippen LogP contribution in [0.2, 0.25) is 5.02 Å². The molecule has 1 amide bonds. The van der Waals surface area contributed by atoms with Crippen molar-refractivity contribution in [1.29, 1.82) is 0 Å². The van der Waals surface area contributed by atoms with Gasteiger partial charge in [0.2, 0.25) is 0 Å². The lowest BCUT2D eigenvalue weighted by atomic mass is 10.0. The second-order valence-corrected chi connectivity index (χ2v) is 7.26. The fourth-order valence-corrected chi connectivity index (χ4v) is 3.51. The number of likely N-dealkylation sites (tertiary alicyclic amines) is 1. The van der Waals surface area contributed by atoms with E-state index in [1.54, 1.807) is 18.2 Å².